The van der Waals surface area contributed by atoms with Crippen LogP contribution in [-0.4, -0.2) is 59.0 Å². The van der Waals surface area contributed by atoms with Gasteiger partial charge < -0.3 is 14.7 Å². The van der Waals surface area contributed by atoms with Crippen LogP contribution in [0.5, 0.6) is 5.75 Å². The number of carbonyl (C=O) groups is 1. The van der Waals surface area contributed by atoms with Crippen molar-refractivity contribution >= 4 is 28.6 Å². The van der Waals surface area contributed by atoms with E-state index < -0.39 is 6.10 Å². The Morgan fingerprint density at radius 3 is 2.45 bits per heavy atom. The SMILES string of the molecule is CC1=N/C(=C\c2ccccc2OC[C@@H](O)CN2CCC(c3ccc4ccccc4c3)CC2)C(=O)N1Cc1ccccc1. The summed E-state index contributed by atoms with van der Waals surface area (Å²) in [6.07, 6.45) is 3.32. The number of para-hydroxylation sites is 1. The molecule has 1 atom stereocenters. The molecule has 0 aromatic heterocycles. The fourth-order valence-electron chi connectivity index (χ4n) is 5.94. The standard InChI is InChI=1S/C36H37N3O3/c1-26-37-34(36(41)39(26)23-27-9-3-2-4-10-27)22-32-13-7-8-14-35(32)42-25-33(40)24-38-19-17-29(18-20-38)31-16-15-28-11-5-6-12-30(28)21-31/h2-16,21-22,29,33,40H,17-20,23-25H2,1H3/b34-22-/t33-/m0/s1. The van der Waals surface area contributed by atoms with Gasteiger partial charge in [-0.1, -0.05) is 91.0 Å². The van der Waals surface area contributed by atoms with Crippen molar-refractivity contribution in [2.24, 2.45) is 4.99 Å². The first kappa shape index (κ1) is 27.9. The summed E-state index contributed by atoms with van der Waals surface area (Å²) in [6, 6.07) is 32.8. The molecule has 0 unspecified atom stereocenters. The van der Waals surface area contributed by atoms with Crippen molar-refractivity contribution in [3.8, 4) is 5.75 Å². The number of amidine groups is 1. The molecule has 4 aromatic carbocycles. The van der Waals surface area contributed by atoms with Gasteiger partial charge in [-0.15, -0.1) is 0 Å². The Hall–Kier alpha value is -4.26. The highest BCUT2D eigenvalue weighted by molar-refractivity contribution is 6.13. The van der Waals surface area contributed by atoms with Crippen molar-refractivity contribution in [3.05, 3.63) is 119 Å². The number of rotatable bonds is 9. The second-order valence-electron chi connectivity index (χ2n) is 11.2. The highest BCUT2D eigenvalue weighted by atomic mass is 16.5. The average molecular weight is 560 g/mol. The molecule has 1 N–H and O–H groups in total. The molecule has 2 aliphatic rings. The minimum atomic E-state index is -0.613. The number of amides is 1. The Morgan fingerprint density at radius 1 is 0.929 bits per heavy atom. The number of nitrogens with zero attached hydrogens (tertiary/aromatic N) is 3. The minimum Gasteiger partial charge on any atom is -0.490 e. The fourth-order valence-corrected chi connectivity index (χ4v) is 5.94. The van der Waals surface area contributed by atoms with Crippen LogP contribution >= 0.6 is 0 Å². The molecule has 1 saturated heterocycles. The average Bonchev–Trinajstić information content (AvgIpc) is 3.28. The van der Waals surface area contributed by atoms with Crippen LogP contribution in [0.2, 0.25) is 0 Å². The largest absolute Gasteiger partial charge is 0.490 e. The summed E-state index contributed by atoms with van der Waals surface area (Å²) in [7, 11) is 0. The Kier molecular flexibility index (Phi) is 8.45. The molecule has 6 rings (SSSR count). The van der Waals surface area contributed by atoms with Gasteiger partial charge in [0.15, 0.2) is 0 Å². The van der Waals surface area contributed by atoms with Crippen LogP contribution in [0.15, 0.2) is 108 Å². The minimum absolute atomic E-state index is 0.127. The number of piperidine rings is 1. The molecule has 0 saturated carbocycles. The van der Waals surface area contributed by atoms with Crippen LogP contribution in [-0.2, 0) is 11.3 Å². The Balaban J connectivity index is 1.02. The number of benzene rings is 4. The number of ether oxygens (including phenoxy) is 1. The fraction of sp³-hybridized carbons (Fsp3) is 0.278. The van der Waals surface area contributed by atoms with Crippen molar-refractivity contribution in [2.75, 3.05) is 26.2 Å². The van der Waals surface area contributed by atoms with Gasteiger partial charge in [0.25, 0.3) is 5.91 Å². The molecule has 2 heterocycles. The number of hydrogen-bond acceptors (Lipinski definition) is 5. The summed E-state index contributed by atoms with van der Waals surface area (Å²) in [5.41, 5.74) is 3.61. The van der Waals surface area contributed by atoms with Gasteiger partial charge in [0.05, 0.1) is 6.54 Å². The maximum atomic E-state index is 13.2. The lowest BCUT2D eigenvalue weighted by molar-refractivity contribution is -0.123. The van der Waals surface area contributed by atoms with Crippen LogP contribution in [0, 0.1) is 0 Å². The van der Waals surface area contributed by atoms with Crippen LogP contribution in [0.4, 0.5) is 0 Å². The molecule has 214 valence electrons. The molecule has 4 aromatic rings. The predicted octanol–water partition coefficient (Wildman–Crippen LogP) is 6.26. The van der Waals surface area contributed by atoms with Crippen molar-refractivity contribution in [2.45, 2.75) is 38.3 Å². The lowest BCUT2D eigenvalue weighted by Crippen LogP contribution is -2.40. The number of fused-ring (bicyclic) bond motifs is 1. The van der Waals surface area contributed by atoms with Crippen LogP contribution in [0.25, 0.3) is 16.8 Å². The molecular formula is C36H37N3O3. The molecule has 0 bridgehead atoms. The number of aliphatic imine (C=N–C) groups is 1. The van der Waals surface area contributed by atoms with Gasteiger partial charge in [-0.2, -0.15) is 0 Å². The van der Waals surface area contributed by atoms with E-state index in [2.05, 4.69) is 52.4 Å². The number of hydrogen-bond donors (Lipinski definition) is 1. The molecule has 42 heavy (non-hydrogen) atoms. The van der Waals surface area contributed by atoms with Gasteiger partial charge in [0.2, 0.25) is 0 Å². The van der Waals surface area contributed by atoms with Crippen LogP contribution < -0.4 is 4.74 Å². The highest BCUT2D eigenvalue weighted by Crippen LogP contribution is 2.30. The van der Waals surface area contributed by atoms with Gasteiger partial charge >= 0.3 is 0 Å². The lowest BCUT2D eigenvalue weighted by atomic mass is 9.88. The third-order valence-corrected chi connectivity index (χ3v) is 8.26. The summed E-state index contributed by atoms with van der Waals surface area (Å²) in [4.78, 5) is 21.7. The zero-order valence-corrected chi connectivity index (χ0v) is 24.0. The zero-order chi connectivity index (χ0) is 28.9. The first-order valence-electron chi connectivity index (χ1n) is 14.8. The van der Waals surface area contributed by atoms with Crippen molar-refractivity contribution in [1.29, 1.82) is 0 Å². The van der Waals surface area contributed by atoms with E-state index in [1.807, 2.05) is 61.5 Å². The van der Waals surface area contributed by atoms with Crippen molar-refractivity contribution in [3.63, 3.8) is 0 Å². The van der Waals surface area contributed by atoms with E-state index in [9.17, 15) is 9.90 Å². The van der Waals surface area contributed by atoms with E-state index in [4.69, 9.17) is 4.74 Å². The molecule has 0 spiro atoms. The Morgan fingerprint density at radius 2 is 1.64 bits per heavy atom. The molecule has 1 amide bonds. The molecule has 2 aliphatic heterocycles. The predicted molar refractivity (Wildman–Crippen MR) is 168 cm³/mol. The second-order valence-corrected chi connectivity index (χ2v) is 11.2. The topological polar surface area (TPSA) is 65.4 Å². The summed E-state index contributed by atoms with van der Waals surface area (Å²) in [5, 5.41) is 13.4. The quantitative estimate of drug-likeness (QED) is 0.246. The molecule has 0 aliphatic carbocycles. The number of aliphatic hydroxyl groups excluding tert-OH is 1. The smallest absolute Gasteiger partial charge is 0.278 e. The summed E-state index contributed by atoms with van der Waals surface area (Å²) in [6.45, 7) is 5.00. The number of likely N-dealkylation sites (tertiary alicyclic amines) is 1. The van der Waals surface area contributed by atoms with Crippen molar-refractivity contribution < 1.29 is 14.6 Å². The summed E-state index contributed by atoms with van der Waals surface area (Å²) < 4.78 is 6.07. The van der Waals surface area contributed by atoms with Crippen LogP contribution in [0.1, 0.15) is 42.4 Å². The molecule has 1 fully saturated rings. The van der Waals surface area contributed by atoms with E-state index in [-0.39, 0.29) is 12.5 Å². The third kappa shape index (κ3) is 6.46. The second kappa shape index (κ2) is 12.7. The summed E-state index contributed by atoms with van der Waals surface area (Å²) >= 11 is 0. The van der Waals surface area contributed by atoms with Crippen LogP contribution in [0.3, 0.4) is 0 Å². The first-order valence-corrected chi connectivity index (χ1v) is 14.8. The normalized spacial score (nSPS) is 18.0. The number of carbonyl (C=O) groups excluding carboxylic acids is 1. The summed E-state index contributed by atoms with van der Waals surface area (Å²) in [5.74, 6) is 1.72. The molecule has 6 nitrogen and oxygen atoms in total. The molecular weight excluding hydrogens is 522 g/mol. The third-order valence-electron chi connectivity index (χ3n) is 8.26. The number of aliphatic hydroxyl groups is 1. The molecule has 6 heteroatoms. The van der Waals surface area contributed by atoms with Gasteiger partial charge in [0.1, 0.15) is 30.0 Å². The zero-order valence-electron chi connectivity index (χ0n) is 24.0. The van der Waals surface area contributed by atoms with Gasteiger partial charge in [-0.25, -0.2) is 4.99 Å². The van der Waals surface area contributed by atoms with E-state index in [0.717, 1.165) is 37.1 Å². The van der Waals surface area contributed by atoms with E-state index in [1.54, 1.807) is 11.0 Å². The van der Waals surface area contributed by atoms with Gasteiger partial charge in [-0.3, -0.25) is 9.69 Å². The monoisotopic (exact) mass is 559 g/mol. The Labute approximate surface area is 247 Å². The Bertz CT molecular complexity index is 1610. The van der Waals surface area contributed by atoms with E-state index in [0.29, 0.717) is 36.3 Å². The van der Waals surface area contributed by atoms with E-state index >= 15 is 0 Å². The lowest BCUT2D eigenvalue weighted by Gasteiger charge is -2.33. The van der Waals surface area contributed by atoms with Crippen molar-refractivity contribution in [1.82, 2.24) is 9.80 Å². The maximum absolute atomic E-state index is 13.2. The first-order chi connectivity index (χ1) is 20.5. The maximum Gasteiger partial charge on any atom is 0.278 e. The highest BCUT2D eigenvalue weighted by Gasteiger charge is 2.28. The van der Waals surface area contributed by atoms with Gasteiger partial charge in [0, 0.05) is 12.1 Å². The van der Waals surface area contributed by atoms with E-state index in [1.165, 1.54) is 16.3 Å². The molecule has 0 radical (unpaired) electrons. The van der Waals surface area contributed by atoms with Gasteiger partial charge in [-0.05, 0) is 72.8 Å². The number of β-amino-alcohol motifs (C(OH)–C–C–N with tert-alkyl or cyclic N) is 1.